The van der Waals surface area contributed by atoms with Crippen LogP contribution in [0, 0.1) is 5.92 Å². The number of ether oxygens (including phenoxy) is 1. The minimum atomic E-state index is -0.250. The van der Waals surface area contributed by atoms with Crippen molar-refractivity contribution in [1.82, 2.24) is 20.1 Å². The SMILES string of the molecule is COc1ccccc1-c1ncc(CNC(=O)[C@@H]2CC[C@H](N(C)C)CN(C)C2)s1.O=CO. The van der Waals surface area contributed by atoms with Gasteiger partial charge in [0, 0.05) is 30.2 Å². The molecule has 0 unspecified atom stereocenters. The average Bonchev–Trinajstić information content (AvgIpc) is 3.13. The molecule has 1 amide bonds. The van der Waals surface area contributed by atoms with Gasteiger partial charge in [0.1, 0.15) is 10.8 Å². The second-order valence-corrected chi connectivity index (χ2v) is 8.88. The van der Waals surface area contributed by atoms with Crippen molar-refractivity contribution in [1.29, 1.82) is 0 Å². The zero-order valence-electron chi connectivity index (χ0n) is 18.6. The maximum Gasteiger partial charge on any atom is 0.290 e. The van der Waals surface area contributed by atoms with Crippen molar-refractivity contribution in [2.45, 2.75) is 25.4 Å². The lowest BCUT2D eigenvalue weighted by Gasteiger charge is -2.25. The average molecular weight is 449 g/mol. The number of thiazole rings is 1. The van der Waals surface area contributed by atoms with E-state index in [-0.39, 0.29) is 18.3 Å². The normalized spacial score (nSPS) is 19.1. The number of hydrogen-bond donors (Lipinski definition) is 2. The number of methoxy groups -OCH3 is 1. The Morgan fingerprint density at radius 2 is 2.06 bits per heavy atom. The molecule has 0 aliphatic carbocycles. The molecule has 3 rings (SSSR count). The monoisotopic (exact) mass is 448 g/mol. The molecule has 8 nitrogen and oxygen atoms in total. The Hall–Kier alpha value is -2.49. The largest absolute Gasteiger partial charge is 0.496 e. The van der Waals surface area contributed by atoms with E-state index in [1.54, 1.807) is 18.4 Å². The summed E-state index contributed by atoms with van der Waals surface area (Å²) in [5.74, 6) is 0.986. The van der Waals surface area contributed by atoms with Crippen LogP contribution in [-0.4, -0.2) is 79.7 Å². The number of para-hydroxylation sites is 1. The van der Waals surface area contributed by atoms with Gasteiger partial charge in [-0.3, -0.25) is 9.59 Å². The van der Waals surface area contributed by atoms with Gasteiger partial charge in [-0.25, -0.2) is 4.98 Å². The number of likely N-dealkylation sites (N-methyl/N-ethyl adjacent to an activating group) is 2. The van der Waals surface area contributed by atoms with Gasteiger partial charge in [0.05, 0.1) is 25.1 Å². The van der Waals surface area contributed by atoms with Gasteiger partial charge in [-0.1, -0.05) is 12.1 Å². The number of aromatic nitrogens is 1. The molecule has 0 spiro atoms. The maximum atomic E-state index is 12.7. The fraction of sp³-hybridized carbons (Fsp3) is 0.500. The lowest BCUT2D eigenvalue weighted by atomic mass is 10.0. The van der Waals surface area contributed by atoms with Crippen LogP contribution in [-0.2, 0) is 16.1 Å². The van der Waals surface area contributed by atoms with E-state index in [1.807, 2.05) is 30.5 Å². The van der Waals surface area contributed by atoms with Crippen molar-refractivity contribution in [3.63, 3.8) is 0 Å². The first-order chi connectivity index (χ1) is 14.9. The van der Waals surface area contributed by atoms with Crippen LogP contribution in [0.2, 0.25) is 0 Å². The zero-order chi connectivity index (χ0) is 22.8. The number of likely N-dealkylation sites (tertiary alicyclic amines) is 1. The second-order valence-electron chi connectivity index (χ2n) is 7.77. The topological polar surface area (TPSA) is 95.0 Å². The third-order valence-corrected chi connectivity index (χ3v) is 6.36. The van der Waals surface area contributed by atoms with Crippen molar-refractivity contribution < 1.29 is 19.4 Å². The Bertz CT molecular complexity index is 842. The van der Waals surface area contributed by atoms with Crippen molar-refractivity contribution in [2.75, 3.05) is 41.3 Å². The summed E-state index contributed by atoms with van der Waals surface area (Å²) in [5.41, 5.74) is 0.979. The molecule has 31 heavy (non-hydrogen) atoms. The van der Waals surface area contributed by atoms with E-state index < -0.39 is 0 Å². The molecule has 9 heteroatoms. The molecule has 170 valence electrons. The Morgan fingerprint density at radius 3 is 2.74 bits per heavy atom. The summed E-state index contributed by atoms with van der Waals surface area (Å²) in [6, 6.07) is 8.36. The van der Waals surface area contributed by atoms with Crippen LogP contribution in [0.1, 0.15) is 17.7 Å². The summed E-state index contributed by atoms with van der Waals surface area (Å²) < 4.78 is 5.42. The standard InChI is InChI=1S/C21H30N4O2S.CH2O2/c1-24(2)16-10-9-15(13-25(3)14-16)20(26)22-11-17-12-23-21(28-17)18-7-5-6-8-19(18)27-4;2-1-3/h5-8,12,15-16H,9-11,13-14H2,1-4H3,(H,22,26);1H,(H,2,3)/t15-,16+;/m1./s1. The smallest absolute Gasteiger partial charge is 0.290 e. The van der Waals surface area contributed by atoms with Gasteiger partial charge in [0.2, 0.25) is 5.91 Å². The molecule has 1 aromatic carbocycles. The fourth-order valence-corrected chi connectivity index (χ4v) is 4.56. The molecule has 2 atom stereocenters. The van der Waals surface area contributed by atoms with E-state index in [1.165, 1.54) is 0 Å². The van der Waals surface area contributed by atoms with Crippen LogP contribution in [0.15, 0.2) is 30.5 Å². The van der Waals surface area contributed by atoms with Crippen LogP contribution >= 0.6 is 11.3 Å². The van der Waals surface area contributed by atoms with Crippen LogP contribution in [0.3, 0.4) is 0 Å². The highest BCUT2D eigenvalue weighted by Crippen LogP contribution is 2.32. The molecule has 2 aromatic rings. The number of amides is 1. The number of rotatable bonds is 6. The molecule has 2 N–H and O–H groups in total. The van der Waals surface area contributed by atoms with E-state index in [0.717, 1.165) is 47.1 Å². The lowest BCUT2D eigenvalue weighted by Crippen LogP contribution is -2.39. The number of benzene rings is 1. The highest BCUT2D eigenvalue weighted by molar-refractivity contribution is 7.15. The number of carboxylic acid groups (broad SMARTS) is 1. The van der Waals surface area contributed by atoms with Gasteiger partial charge in [-0.15, -0.1) is 11.3 Å². The first-order valence-electron chi connectivity index (χ1n) is 10.2. The van der Waals surface area contributed by atoms with Crippen molar-refractivity contribution in [3.05, 3.63) is 35.3 Å². The highest BCUT2D eigenvalue weighted by atomic mass is 32.1. The third kappa shape index (κ3) is 7.30. The van der Waals surface area contributed by atoms with Gasteiger partial charge in [0.25, 0.3) is 6.47 Å². The highest BCUT2D eigenvalue weighted by Gasteiger charge is 2.27. The predicted molar refractivity (Wildman–Crippen MR) is 122 cm³/mol. The van der Waals surface area contributed by atoms with E-state index in [0.29, 0.717) is 12.6 Å². The van der Waals surface area contributed by atoms with Crippen molar-refractivity contribution >= 4 is 23.7 Å². The molecule has 1 fully saturated rings. The molecule has 1 aromatic heterocycles. The fourth-order valence-electron chi connectivity index (χ4n) is 3.68. The van der Waals surface area contributed by atoms with E-state index in [2.05, 4.69) is 41.2 Å². The Balaban J connectivity index is 0.00000107. The van der Waals surface area contributed by atoms with Crippen LogP contribution in [0.4, 0.5) is 0 Å². The van der Waals surface area contributed by atoms with Crippen LogP contribution < -0.4 is 10.1 Å². The molecule has 2 heterocycles. The number of carbonyl (C=O) groups is 2. The van der Waals surface area contributed by atoms with E-state index in [9.17, 15) is 4.79 Å². The Labute approximate surface area is 187 Å². The van der Waals surface area contributed by atoms with Crippen molar-refractivity contribution in [3.8, 4) is 16.3 Å². The molecule has 0 bridgehead atoms. The van der Waals surface area contributed by atoms with E-state index in [4.69, 9.17) is 14.6 Å². The number of hydrogen-bond acceptors (Lipinski definition) is 7. The molecule has 0 radical (unpaired) electrons. The first kappa shape index (κ1) is 24.8. The van der Waals surface area contributed by atoms with Gasteiger partial charge in [0.15, 0.2) is 0 Å². The van der Waals surface area contributed by atoms with Gasteiger partial charge >= 0.3 is 0 Å². The molecule has 1 saturated heterocycles. The lowest BCUT2D eigenvalue weighted by molar-refractivity contribution is -0.125. The summed E-state index contributed by atoms with van der Waals surface area (Å²) >= 11 is 1.59. The zero-order valence-corrected chi connectivity index (χ0v) is 19.4. The molecule has 1 aliphatic heterocycles. The summed E-state index contributed by atoms with van der Waals surface area (Å²) in [7, 11) is 7.99. The summed E-state index contributed by atoms with van der Waals surface area (Å²) in [4.78, 5) is 31.2. The van der Waals surface area contributed by atoms with Crippen LogP contribution in [0.25, 0.3) is 10.6 Å². The Kier molecular flexibility index (Phi) is 9.90. The second kappa shape index (κ2) is 12.4. The van der Waals surface area contributed by atoms with E-state index >= 15 is 0 Å². The number of nitrogens with one attached hydrogen (secondary N) is 1. The minimum Gasteiger partial charge on any atom is -0.496 e. The number of carbonyl (C=O) groups excluding carboxylic acids is 1. The molecule has 0 saturated carbocycles. The molecule has 1 aliphatic rings. The van der Waals surface area contributed by atoms with Crippen molar-refractivity contribution in [2.24, 2.45) is 5.92 Å². The maximum absolute atomic E-state index is 12.7. The van der Waals surface area contributed by atoms with Crippen LogP contribution in [0.5, 0.6) is 5.75 Å². The summed E-state index contributed by atoms with van der Waals surface area (Å²) in [6.07, 6.45) is 3.82. The third-order valence-electron chi connectivity index (χ3n) is 5.33. The summed E-state index contributed by atoms with van der Waals surface area (Å²) in [5, 5.41) is 10.9. The first-order valence-corrected chi connectivity index (χ1v) is 11.0. The number of nitrogens with zero attached hydrogens (tertiary/aromatic N) is 3. The molecular weight excluding hydrogens is 416 g/mol. The van der Waals surface area contributed by atoms with Gasteiger partial charge < -0.3 is 25.0 Å². The van der Waals surface area contributed by atoms with Gasteiger partial charge in [-0.05, 0) is 46.1 Å². The quantitative estimate of drug-likeness (QED) is 0.655. The minimum absolute atomic E-state index is 0.0385. The Morgan fingerprint density at radius 1 is 1.35 bits per heavy atom. The molecular formula is C22H32N4O4S. The van der Waals surface area contributed by atoms with Gasteiger partial charge in [-0.2, -0.15) is 0 Å². The predicted octanol–water partition coefficient (Wildman–Crippen LogP) is 2.41. The summed E-state index contributed by atoms with van der Waals surface area (Å²) in [6.45, 7) is 2.09.